The van der Waals surface area contributed by atoms with Gasteiger partial charge in [0, 0.05) is 44.4 Å². The van der Waals surface area contributed by atoms with Gasteiger partial charge in [-0.25, -0.2) is 0 Å². The number of benzene rings is 2. The van der Waals surface area contributed by atoms with Crippen molar-refractivity contribution in [3.8, 4) is 0 Å². The summed E-state index contributed by atoms with van der Waals surface area (Å²) < 4.78 is 0. The van der Waals surface area contributed by atoms with Gasteiger partial charge in [-0.1, -0.05) is 60.7 Å². The molecule has 0 N–H and O–H groups in total. The van der Waals surface area contributed by atoms with Gasteiger partial charge >= 0.3 is 0 Å². The molecule has 0 saturated carbocycles. The molecule has 0 radical (unpaired) electrons. The molecule has 146 valence electrons. The van der Waals surface area contributed by atoms with Crippen molar-refractivity contribution < 1.29 is 9.59 Å². The van der Waals surface area contributed by atoms with Crippen LogP contribution in [0.1, 0.15) is 43.2 Å². The second kappa shape index (κ2) is 8.17. The summed E-state index contributed by atoms with van der Waals surface area (Å²) in [5.41, 5.74) is 2.38. The van der Waals surface area contributed by atoms with Gasteiger partial charge in [0.1, 0.15) is 0 Å². The number of nitrogens with zero attached hydrogens (tertiary/aromatic N) is 2. The van der Waals surface area contributed by atoms with Crippen molar-refractivity contribution in [2.24, 2.45) is 0 Å². The highest BCUT2D eigenvalue weighted by Crippen LogP contribution is 2.40. The maximum atomic E-state index is 12.7. The average Bonchev–Trinajstić information content (AvgIpc) is 3.15. The Bertz CT molecular complexity index is 780. The lowest BCUT2D eigenvalue weighted by atomic mass is 9.69. The highest BCUT2D eigenvalue weighted by atomic mass is 16.2. The molecule has 0 aliphatic carbocycles. The molecule has 0 bridgehead atoms. The van der Waals surface area contributed by atoms with Gasteiger partial charge < -0.3 is 9.80 Å². The molecule has 4 nitrogen and oxygen atoms in total. The Morgan fingerprint density at radius 3 is 1.89 bits per heavy atom. The van der Waals surface area contributed by atoms with Gasteiger partial charge in [0.05, 0.1) is 0 Å². The van der Waals surface area contributed by atoms with E-state index in [1.807, 2.05) is 21.9 Å². The molecule has 2 fully saturated rings. The number of carbonyl (C=O) groups excluding carboxylic acids is 2. The molecule has 2 heterocycles. The second-order valence-corrected chi connectivity index (χ2v) is 7.97. The first-order chi connectivity index (χ1) is 13.7. The first kappa shape index (κ1) is 18.7. The lowest BCUT2D eigenvalue weighted by molar-refractivity contribution is -0.135. The molecule has 4 heteroatoms. The largest absolute Gasteiger partial charge is 0.343 e. The van der Waals surface area contributed by atoms with Crippen molar-refractivity contribution in [3.05, 3.63) is 71.8 Å². The van der Waals surface area contributed by atoms with Crippen LogP contribution in [0.3, 0.4) is 0 Å². The summed E-state index contributed by atoms with van der Waals surface area (Å²) in [5, 5.41) is 0. The highest BCUT2D eigenvalue weighted by Gasteiger charge is 2.41. The first-order valence-electron chi connectivity index (χ1n) is 10.4. The van der Waals surface area contributed by atoms with Crippen molar-refractivity contribution >= 4 is 11.8 Å². The Morgan fingerprint density at radius 2 is 1.32 bits per heavy atom. The number of rotatable bonds is 6. The van der Waals surface area contributed by atoms with E-state index in [2.05, 4.69) is 48.5 Å². The van der Waals surface area contributed by atoms with Crippen LogP contribution in [0.2, 0.25) is 0 Å². The highest BCUT2D eigenvalue weighted by molar-refractivity contribution is 5.78. The predicted molar refractivity (Wildman–Crippen MR) is 110 cm³/mol. The Balaban J connectivity index is 1.54. The van der Waals surface area contributed by atoms with Crippen LogP contribution in [0, 0.1) is 0 Å². The number of hydrogen-bond donors (Lipinski definition) is 0. The molecule has 0 unspecified atom stereocenters. The van der Waals surface area contributed by atoms with E-state index in [0.29, 0.717) is 25.9 Å². The topological polar surface area (TPSA) is 40.6 Å². The zero-order valence-corrected chi connectivity index (χ0v) is 16.3. The minimum atomic E-state index is -0.167. The van der Waals surface area contributed by atoms with Crippen LogP contribution < -0.4 is 0 Å². The third-order valence-corrected chi connectivity index (χ3v) is 6.26. The van der Waals surface area contributed by atoms with Crippen molar-refractivity contribution in [2.75, 3.05) is 26.2 Å². The number of carbonyl (C=O) groups is 2. The molecule has 2 amide bonds. The van der Waals surface area contributed by atoms with E-state index in [9.17, 15) is 9.59 Å². The smallest absolute Gasteiger partial charge is 0.222 e. The fourth-order valence-electron chi connectivity index (χ4n) is 4.72. The van der Waals surface area contributed by atoms with Gasteiger partial charge in [-0.15, -0.1) is 0 Å². The molecule has 2 aromatic carbocycles. The molecule has 2 aliphatic heterocycles. The van der Waals surface area contributed by atoms with Gasteiger partial charge in [0.15, 0.2) is 0 Å². The van der Waals surface area contributed by atoms with E-state index in [1.165, 1.54) is 11.1 Å². The quantitative estimate of drug-likeness (QED) is 0.773. The van der Waals surface area contributed by atoms with E-state index in [4.69, 9.17) is 0 Å². The van der Waals surface area contributed by atoms with Crippen LogP contribution >= 0.6 is 0 Å². The summed E-state index contributed by atoms with van der Waals surface area (Å²) in [5.74, 6) is 0.489. The molecule has 2 aliphatic rings. The SMILES string of the molecule is O=C1CCCN1CCCN1CC(c2ccccc2)(c2ccccc2)CCC1=O. The Kier molecular flexibility index (Phi) is 5.47. The number of piperidine rings is 1. The fraction of sp³-hybridized carbons (Fsp3) is 0.417. The van der Waals surface area contributed by atoms with Crippen molar-refractivity contribution in [2.45, 2.75) is 37.5 Å². The minimum Gasteiger partial charge on any atom is -0.343 e. The van der Waals surface area contributed by atoms with Crippen LogP contribution in [-0.4, -0.2) is 47.8 Å². The van der Waals surface area contributed by atoms with E-state index in [0.717, 1.165) is 32.4 Å². The van der Waals surface area contributed by atoms with Crippen LogP contribution in [-0.2, 0) is 15.0 Å². The lowest BCUT2D eigenvalue weighted by Gasteiger charge is -2.44. The fourth-order valence-corrected chi connectivity index (χ4v) is 4.72. The third-order valence-electron chi connectivity index (χ3n) is 6.26. The van der Waals surface area contributed by atoms with E-state index < -0.39 is 0 Å². The number of likely N-dealkylation sites (tertiary alicyclic amines) is 2. The van der Waals surface area contributed by atoms with Gasteiger partial charge in [0.2, 0.25) is 11.8 Å². The molecular formula is C24H28N2O2. The molecule has 0 spiro atoms. The summed E-state index contributed by atoms with van der Waals surface area (Å²) in [7, 11) is 0. The second-order valence-electron chi connectivity index (χ2n) is 7.97. The van der Waals surface area contributed by atoms with E-state index in [-0.39, 0.29) is 17.2 Å². The Labute approximate surface area is 167 Å². The van der Waals surface area contributed by atoms with Gasteiger partial charge in [-0.05, 0) is 30.4 Å². The summed E-state index contributed by atoms with van der Waals surface area (Å²) in [4.78, 5) is 28.5. The van der Waals surface area contributed by atoms with Gasteiger partial charge in [-0.3, -0.25) is 9.59 Å². The minimum absolute atomic E-state index is 0.167. The van der Waals surface area contributed by atoms with Crippen molar-refractivity contribution in [1.82, 2.24) is 9.80 Å². The zero-order valence-electron chi connectivity index (χ0n) is 16.3. The maximum absolute atomic E-state index is 12.7. The molecule has 0 atom stereocenters. The molecule has 2 saturated heterocycles. The van der Waals surface area contributed by atoms with Crippen molar-refractivity contribution in [3.63, 3.8) is 0 Å². The van der Waals surface area contributed by atoms with Gasteiger partial charge in [-0.2, -0.15) is 0 Å². The summed E-state index contributed by atoms with van der Waals surface area (Å²) in [6, 6.07) is 21.2. The molecule has 4 rings (SSSR count). The normalized spacial score (nSPS) is 19.3. The monoisotopic (exact) mass is 376 g/mol. The Hall–Kier alpha value is -2.62. The third kappa shape index (κ3) is 3.68. The maximum Gasteiger partial charge on any atom is 0.222 e. The molecular weight excluding hydrogens is 348 g/mol. The number of hydrogen-bond acceptors (Lipinski definition) is 2. The van der Waals surface area contributed by atoms with Crippen LogP contribution in [0.5, 0.6) is 0 Å². The van der Waals surface area contributed by atoms with Crippen molar-refractivity contribution in [1.29, 1.82) is 0 Å². The molecule has 0 aromatic heterocycles. The average molecular weight is 377 g/mol. The first-order valence-corrected chi connectivity index (χ1v) is 10.4. The van der Waals surface area contributed by atoms with Crippen LogP contribution in [0.15, 0.2) is 60.7 Å². The summed E-state index contributed by atoms with van der Waals surface area (Å²) in [6.45, 7) is 3.04. The van der Waals surface area contributed by atoms with Gasteiger partial charge in [0.25, 0.3) is 0 Å². The summed E-state index contributed by atoms with van der Waals surface area (Å²) in [6.07, 6.45) is 3.88. The molecule has 2 aromatic rings. The lowest BCUT2D eigenvalue weighted by Crippen LogP contribution is -2.50. The van der Waals surface area contributed by atoms with Crippen LogP contribution in [0.25, 0.3) is 0 Å². The van der Waals surface area contributed by atoms with E-state index in [1.54, 1.807) is 0 Å². The number of amides is 2. The summed E-state index contributed by atoms with van der Waals surface area (Å²) >= 11 is 0. The standard InChI is InChI=1S/C24H28N2O2/c27-22-13-7-16-25(22)17-8-18-26-19-24(15-14-23(26)28,20-9-3-1-4-10-20)21-11-5-2-6-12-21/h1-6,9-12H,7-8,13-19H2. The Morgan fingerprint density at radius 1 is 0.750 bits per heavy atom. The van der Waals surface area contributed by atoms with Crippen LogP contribution in [0.4, 0.5) is 0 Å². The zero-order chi connectivity index (χ0) is 19.4. The van der Waals surface area contributed by atoms with E-state index >= 15 is 0 Å². The molecule has 28 heavy (non-hydrogen) atoms. The predicted octanol–water partition coefficient (Wildman–Crippen LogP) is 3.61.